The number of benzene rings is 1. The zero-order chi connectivity index (χ0) is 19.5. The highest BCUT2D eigenvalue weighted by molar-refractivity contribution is 6.30. The van der Waals surface area contributed by atoms with Gasteiger partial charge in [-0.25, -0.2) is 0 Å². The zero-order valence-corrected chi connectivity index (χ0v) is 17.1. The molecule has 1 aromatic carbocycles. The Labute approximate surface area is 162 Å². The second-order valence-corrected chi connectivity index (χ2v) is 6.88. The Morgan fingerprint density at radius 1 is 1.08 bits per heavy atom. The molecule has 0 saturated carbocycles. The SMILES string of the molecule is CCCN(CCC)C(=O)CCCC(=O)N(C)Cc1cc(Cl)ccc1OC. The summed E-state index contributed by atoms with van der Waals surface area (Å²) < 4.78 is 5.32. The van der Waals surface area contributed by atoms with Crippen molar-refractivity contribution in [3.63, 3.8) is 0 Å². The second-order valence-electron chi connectivity index (χ2n) is 6.44. The average molecular weight is 383 g/mol. The number of methoxy groups -OCH3 is 1. The Hall–Kier alpha value is -1.75. The standard InChI is InChI=1S/C20H31ClN2O3/c1-5-12-23(13-6-2)20(25)9-7-8-19(24)22(3)15-16-14-17(21)10-11-18(16)26-4/h10-11,14H,5-9,12-13,15H2,1-4H3. The molecule has 0 fully saturated rings. The van der Waals surface area contributed by atoms with E-state index in [4.69, 9.17) is 16.3 Å². The van der Waals surface area contributed by atoms with Crippen molar-refractivity contribution in [3.8, 4) is 5.75 Å². The van der Waals surface area contributed by atoms with E-state index in [0.29, 0.717) is 36.6 Å². The Kier molecular flexibility index (Phi) is 10.1. The van der Waals surface area contributed by atoms with E-state index in [9.17, 15) is 9.59 Å². The number of rotatable bonds is 11. The van der Waals surface area contributed by atoms with Crippen LogP contribution in [0.25, 0.3) is 0 Å². The van der Waals surface area contributed by atoms with Crippen molar-refractivity contribution in [1.82, 2.24) is 9.80 Å². The number of carbonyl (C=O) groups excluding carboxylic acids is 2. The summed E-state index contributed by atoms with van der Waals surface area (Å²) in [5.41, 5.74) is 0.865. The van der Waals surface area contributed by atoms with E-state index in [1.807, 2.05) is 4.90 Å². The lowest BCUT2D eigenvalue weighted by Gasteiger charge is -2.22. The summed E-state index contributed by atoms with van der Waals surface area (Å²) in [6, 6.07) is 5.36. The van der Waals surface area contributed by atoms with Crippen molar-refractivity contribution in [1.29, 1.82) is 0 Å². The van der Waals surface area contributed by atoms with Gasteiger partial charge in [0.15, 0.2) is 0 Å². The highest BCUT2D eigenvalue weighted by Gasteiger charge is 2.15. The molecule has 0 aliphatic heterocycles. The largest absolute Gasteiger partial charge is 0.496 e. The van der Waals surface area contributed by atoms with Crippen LogP contribution in [0.1, 0.15) is 51.5 Å². The van der Waals surface area contributed by atoms with Gasteiger partial charge in [0.1, 0.15) is 5.75 Å². The third kappa shape index (κ3) is 7.24. The van der Waals surface area contributed by atoms with Crippen LogP contribution in [0.3, 0.4) is 0 Å². The highest BCUT2D eigenvalue weighted by atomic mass is 35.5. The van der Waals surface area contributed by atoms with Crippen LogP contribution in [0.15, 0.2) is 18.2 Å². The van der Waals surface area contributed by atoms with E-state index in [1.165, 1.54) is 0 Å². The van der Waals surface area contributed by atoms with Gasteiger partial charge in [-0.2, -0.15) is 0 Å². The van der Waals surface area contributed by atoms with Crippen LogP contribution in [0, 0.1) is 0 Å². The van der Waals surface area contributed by atoms with Gasteiger partial charge in [-0.15, -0.1) is 0 Å². The maximum Gasteiger partial charge on any atom is 0.222 e. The molecule has 0 atom stereocenters. The maximum absolute atomic E-state index is 12.4. The molecule has 0 saturated heterocycles. The van der Waals surface area contributed by atoms with Gasteiger partial charge in [-0.1, -0.05) is 25.4 Å². The van der Waals surface area contributed by atoms with Crippen molar-refractivity contribution < 1.29 is 14.3 Å². The number of amides is 2. The number of hydrogen-bond acceptors (Lipinski definition) is 3. The third-order valence-corrected chi connectivity index (χ3v) is 4.43. The molecule has 6 heteroatoms. The van der Waals surface area contributed by atoms with Gasteiger partial charge in [-0.05, 0) is 37.5 Å². The second kappa shape index (κ2) is 11.8. The molecule has 0 aliphatic rings. The monoisotopic (exact) mass is 382 g/mol. The van der Waals surface area contributed by atoms with Crippen molar-refractivity contribution in [2.24, 2.45) is 0 Å². The van der Waals surface area contributed by atoms with Gasteiger partial charge in [0.05, 0.1) is 7.11 Å². The molecule has 2 amide bonds. The fourth-order valence-corrected chi connectivity index (χ4v) is 3.05. The number of carbonyl (C=O) groups is 2. The Morgan fingerprint density at radius 2 is 1.69 bits per heavy atom. The predicted octanol–water partition coefficient (Wildman–Crippen LogP) is 4.13. The summed E-state index contributed by atoms with van der Waals surface area (Å²) >= 11 is 6.04. The molecule has 146 valence electrons. The molecule has 1 rings (SSSR count). The number of hydrogen-bond donors (Lipinski definition) is 0. The molecular weight excluding hydrogens is 352 g/mol. The van der Waals surface area contributed by atoms with E-state index >= 15 is 0 Å². The fraction of sp³-hybridized carbons (Fsp3) is 0.600. The van der Waals surface area contributed by atoms with Crippen LogP contribution in [0.5, 0.6) is 5.75 Å². The fourth-order valence-electron chi connectivity index (χ4n) is 2.86. The molecule has 0 bridgehead atoms. The summed E-state index contributed by atoms with van der Waals surface area (Å²) in [5, 5.41) is 0.610. The van der Waals surface area contributed by atoms with Crippen molar-refractivity contribution in [2.75, 3.05) is 27.2 Å². The molecule has 0 spiro atoms. The van der Waals surface area contributed by atoms with Gasteiger partial charge < -0.3 is 14.5 Å². The van der Waals surface area contributed by atoms with Gasteiger partial charge in [0.25, 0.3) is 0 Å². The topological polar surface area (TPSA) is 49.9 Å². The van der Waals surface area contributed by atoms with Gasteiger partial charge >= 0.3 is 0 Å². The molecular formula is C20H31ClN2O3. The molecule has 0 heterocycles. The van der Waals surface area contributed by atoms with Crippen LogP contribution in [-0.2, 0) is 16.1 Å². The van der Waals surface area contributed by atoms with Gasteiger partial charge in [-0.3, -0.25) is 9.59 Å². The zero-order valence-electron chi connectivity index (χ0n) is 16.4. The predicted molar refractivity (Wildman–Crippen MR) is 105 cm³/mol. The summed E-state index contributed by atoms with van der Waals surface area (Å²) in [7, 11) is 3.35. The van der Waals surface area contributed by atoms with Crippen molar-refractivity contribution in [3.05, 3.63) is 28.8 Å². The van der Waals surface area contributed by atoms with E-state index in [2.05, 4.69) is 13.8 Å². The molecule has 0 radical (unpaired) electrons. The van der Waals surface area contributed by atoms with Crippen molar-refractivity contribution in [2.45, 2.75) is 52.5 Å². The Bertz CT molecular complexity index is 586. The number of nitrogens with zero attached hydrogens (tertiary/aromatic N) is 2. The third-order valence-electron chi connectivity index (χ3n) is 4.20. The molecule has 26 heavy (non-hydrogen) atoms. The van der Waals surface area contributed by atoms with E-state index in [0.717, 1.165) is 31.5 Å². The van der Waals surface area contributed by atoms with Gasteiger partial charge in [0.2, 0.25) is 11.8 Å². The first-order valence-corrected chi connectivity index (χ1v) is 9.64. The number of ether oxygens (including phenoxy) is 1. The van der Waals surface area contributed by atoms with E-state index < -0.39 is 0 Å². The molecule has 1 aromatic rings. The molecule has 0 N–H and O–H groups in total. The molecule has 0 aromatic heterocycles. The smallest absolute Gasteiger partial charge is 0.222 e. The lowest BCUT2D eigenvalue weighted by Crippen LogP contribution is -2.32. The van der Waals surface area contributed by atoms with Gasteiger partial charge in [0, 0.05) is 50.1 Å². The normalized spacial score (nSPS) is 10.5. The number of halogens is 1. The summed E-state index contributed by atoms with van der Waals surface area (Å²) in [6.07, 6.45) is 3.25. The van der Waals surface area contributed by atoms with E-state index in [-0.39, 0.29) is 11.8 Å². The minimum atomic E-state index is 0.0114. The first-order valence-electron chi connectivity index (χ1n) is 9.27. The average Bonchev–Trinajstić information content (AvgIpc) is 2.61. The minimum absolute atomic E-state index is 0.0114. The lowest BCUT2D eigenvalue weighted by molar-refractivity contribution is -0.132. The summed E-state index contributed by atoms with van der Waals surface area (Å²) in [6.45, 7) is 6.13. The van der Waals surface area contributed by atoms with Crippen LogP contribution in [-0.4, -0.2) is 48.9 Å². The summed E-state index contributed by atoms with van der Waals surface area (Å²) in [5.74, 6) is 0.858. The first kappa shape index (κ1) is 22.3. The molecule has 5 nitrogen and oxygen atoms in total. The van der Waals surface area contributed by atoms with E-state index in [1.54, 1.807) is 37.3 Å². The van der Waals surface area contributed by atoms with Crippen LogP contribution in [0.4, 0.5) is 0 Å². The highest BCUT2D eigenvalue weighted by Crippen LogP contribution is 2.24. The first-order chi connectivity index (χ1) is 12.4. The van der Waals surface area contributed by atoms with Crippen LogP contribution >= 0.6 is 11.6 Å². The van der Waals surface area contributed by atoms with Crippen molar-refractivity contribution >= 4 is 23.4 Å². The summed E-state index contributed by atoms with van der Waals surface area (Å²) in [4.78, 5) is 28.2. The van der Waals surface area contributed by atoms with Crippen LogP contribution < -0.4 is 4.74 Å². The maximum atomic E-state index is 12.4. The lowest BCUT2D eigenvalue weighted by atomic mass is 10.1. The molecule has 0 unspecified atom stereocenters. The quantitative estimate of drug-likeness (QED) is 0.578. The van der Waals surface area contributed by atoms with Crippen LogP contribution in [0.2, 0.25) is 5.02 Å². The molecule has 0 aliphatic carbocycles. The Morgan fingerprint density at radius 3 is 2.27 bits per heavy atom. The minimum Gasteiger partial charge on any atom is -0.496 e. The Balaban J connectivity index is 2.50.